The molecule has 0 spiro atoms. The molecule has 194 valence electrons. The van der Waals surface area contributed by atoms with E-state index < -0.39 is 30.3 Å². The Hall–Kier alpha value is -3.01. The number of pyridine rings is 1. The van der Waals surface area contributed by atoms with Crippen LogP contribution in [0.4, 0.5) is 19.0 Å². The number of alkyl halides is 2. The van der Waals surface area contributed by atoms with Crippen LogP contribution >= 0.6 is 11.6 Å². The van der Waals surface area contributed by atoms with Crippen molar-refractivity contribution in [1.82, 2.24) is 15.6 Å². The summed E-state index contributed by atoms with van der Waals surface area (Å²) in [5, 5.41) is 5.46. The highest BCUT2D eigenvalue weighted by Crippen LogP contribution is 2.39. The smallest absolute Gasteiger partial charge is 0.263 e. The van der Waals surface area contributed by atoms with Crippen LogP contribution in [-0.2, 0) is 4.79 Å². The summed E-state index contributed by atoms with van der Waals surface area (Å²) in [4.78, 5) is 31.6. The predicted molar refractivity (Wildman–Crippen MR) is 129 cm³/mol. The van der Waals surface area contributed by atoms with E-state index in [0.29, 0.717) is 18.7 Å². The van der Waals surface area contributed by atoms with Gasteiger partial charge in [-0.1, -0.05) is 11.6 Å². The van der Waals surface area contributed by atoms with Crippen molar-refractivity contribution in [2.45, 2.75) is 69.7 Å². The zero-order valence-electron chi connectivity index (χ0n) is 19.9. The maximum absolute atomic E-state index is 14.2. The van der Waals surface area contributed by atoms with Gasteiger partial charge in [-0.05, 0) is 69.9 Å². The molecule has 0 unspecified atom stereocenters. The number of anilines is 1. The lowest BCUT2D eigenvalue weighted by Crippen LogP contribution is -2.55. The largest absolute Gasteiger partial charge is 0.475 e. The Labute approximate surface area is 212 Å². The lowest BCUT2D eigenvalue weighted by Gasteiger charge is -2.40. The van der Waals surface area contributed by atoms with E-state index >= 15 is 0 Å². The molecule has 4 rings (SSSR count). The topological polar surface area (TPSA) is 83.6 Å². The van der Waals surface area contributed by atoms with Crippen molar-refractivity contribution in [3.63, 3.8) is 0 Å². The molecule has 2 bridgehead atoms. The molecule has 0 saturated carbocycles. The maximum Gasteiger partial charge on any atom is 0.263 e. The molecule has 3 atom stereocenters. The van der Waals surface area contributed by atoms with Gasteiger partial charge >= 0.3 is 0 Å². The van der Waals surface area contributed by atoms with Gasteiger partial charge in [0, 0.05) is 29.3 Å². The number of halogens is 4. The fourth-order valence-electron chi connectivity index (χ4n) is 4.85. The van der Waals surface area contributed by atoms with Gasteiger partial charge in [0.1, 0.15) is 5.82 Å². The molecule has 7 nitrogen and oxygen atoms in total. The third-order valence-electron chi connectivity index (χ3n) is 6.57. The molecule has 2 aliphatic heterocycles. The fraction of sp³-hybridized carbons (Fsp3) is 0.480. The number of piperidine rings is 1. The van der Waals surface area contributed by atoms with Crippen LogP contribution in [0.3, 0.4) is 0 Å². The first kappa shape index (κ1) is 26.1. The first-order valence-electron chi connectivity index (χ1n) is 11.8. The number of aromatic nitrogens is 1. The Morgan fingerprint density at radius 2 is 1.89 bits per heavy atom. The van der Waals surface area contributed by atoms with Crippen molar-refractivity contribution in [2.75, 3.05) is 11.4 Å². The lowest BCUT2D eigenvalue weighted by atomic mass is 9.96. The van der Waals surface area contributed by atoms with Gasteiger partial charge < -0.3 is 20.3 Å². The second kappa shape index (κ2) is 10.5. The van der Waals surface area contributed by atoms with Crippen molar-refractivity contribution < 1.29 is 27.5 Å². The molecular weight excluding hydrogens is 497 g/mol. The molecule has 1 aromatic carbocycles. The van der Waals surface area contributed by atoms with Crippen molar-refractivity contribution in [1.29, 1.82) is 0 Å². The summed E-state index contributed by atoms with van der Waals surface area (Å²) in [5.41, 5.74) is -1.08. The van der Waals surface area contributed by atoms with Crippen LogP contribution in [-0.4, -0.2) is 53.5 Å². The highest BCUT2D eigenvalue weighted by Gasteiger charge is 2.43. The fourth-order valence-corrected chi connectivity index (χ4v) is 5.01. The first-order valence-corrected chi connectivity index (χ1v) is 12.2. The third kappa shape index (κ3) is 5.86. The second-order valence-electron chi connectivity index (χ2n) is 9.63. The number of nitrogens with one attached hydrogen (secondary N) is 2. The van der Waals surface area contributed by atoms with Gasteiger partial charge in [-0.25, -0.2) is 18.2 Å². The number of nitrogens with zero attached hydrogens (tertiary/aromatic N) is 2. The highest BCUT2D eigenvalue weighted by molar-refractivity contribution is 6.30. The Morgan fingerprint density at radius 1 is 1.19 bits per heavy atom. The number of fused-ring (bicyclic) bond motifs is 2. The van der Waals surface area contributed by atoms with E-state index in [2.05, 4.69) is 20.5 Å². The summed E-state index contributed by atoms with van der Waals surface area (Å²) in [6.07, 6.45) is 2.04. The Balaban J connectivity index is 1.36. The summed E-state index contributed by atoms with van der Waals surface area (Å²) in [5.74, 6) is -0.916. The summed E-state index contributed by atoms with van der Waals surface area (Å²) < 4.78 is 44.5. The summed E-state index contributed by atoms with van der Waals surface area (Å²) >= 11 is 5.79. The van der Waals surface area contributed by atoms with Crippen molar-refractivity contribution in [3.05, 3.63) is 52.9 Å². The minimum Gasteiger partial charge on any atom is -0.475 e. The SMILES string of the molecule is CC(C)(Oc1ccc(Cl)cc1F)C(=O)N[C@H]1C[C@H]2CC[C@@H](C1)N2c1ccc(C(=O)NCC(F)F)cn1. The quantitative estimate of drug-likeness (QED) is 0.537. The average molecular weight is 525 g/mol. The van der Waals surface area contributed by atoms with Gasteiger partial charge in [0.25, 0.3) is 18.2 Å². The molecule has 2 aromatic rings. The zero-order chi connectivity index (χ0) is 26.0. The van der Waals surface area contributed by atoms with E-state index in [0.717, 1.165) is 18.9 Å². The molecule has 2 fully saturated rings. The monoisotopic (exact) mass is 524 g/mol. The van der Waals surface area contributed by atoms with Crippen LogP contribution in [0.1, 0.15) is 49.9 Å². The van der Waals surface area contributed by atoms with Crippen LogP contribution < -0.4 is 20.3 Å². The normalized spacial score (nSPS) is 21.4. The Morgan fingerprint density at radius 3 is 2.47 bits per heavy atom. The van der Waals surface area contributed by atoms with E-state index in [-0.39, 0.29) is 40.4 Å². The molecule has 11 heteroatoms. The van der Waals surface area contributed by atoms with Crippen LogP contribution in [0, 0.1) is 5.82 Å². The molecule has 0 aliphatic carbocycles. The van der Waals surface area contributed by atoms with Gasteiger partial charge in [0.05, 0.1) is 12.1 Å². The number of carbonyl (C=O) groups excluding carboxylic acids is 2. The zero-order valence-corrected chi connectivity index (χ0v) is 20.7. The Bertz CT molecular complexity index is 1100. The number of benzene rings is 1. The average Bonchev–Trinajstić information content (AvgIpc) is 3.09. The van der Waals surface area contributed by atoms with E-state index in [9.17, 15) is 22.8 Å². The second-order valence-corrected chi connectivity index (χ2v) is 10.1. The lowest BCUT2D eigenvalue weighted by molar-refractivity contribution is -0.135. The van der Waals surface area contributed by atoms with E-state index in [1.807, 2.05) is 0 Å². The molecule has 0 radical (unpaired) electrons. The van der Waals surface area contributed by atoms with E-state index in [4.69, 9.17) is 16.3 Å². The van der Waals surface area contributed by atoms with Crippen molar-refractivity contribution in [2.24, 2.45) is 0 Å². The van der Waals surface area contributed by atoms with Gasteiger partial charge in [0.2, 0.25) is 0 Å². The van der Waals surface area contributed by atoms with Crippen molar-refractivity contribution >= 4 is 29.2 Å². The van der Waals surface area contributed by atoms with Crippen molar-refractivity contribution in [3.8, 4) is 5.75 Å². The number of hydrogen-bond donors (Lipinski definition) is 2. The van der Waals surface area contributed by atoms with Crippen LogP contribution in [0.25, 0.3) is 0 Å². The standard InChI is InChI=1S/C25H28ClF3N4O3/c1-25(2,36-20-7-4-15(26)9-19(20)27)24(35)32-16-10-17-5-6-18(11-16)33(17)22-8-3-14(12-30-22)23(34)31-13-21(28)29/h3-4,7-9,12,16-18,21H,5-6,10-11,13H2,1-2H3,(H,31,34)(H,32,35)/t16-,17+,18-. The number of carbonyl (C=O) groups is 2. The molecule has 3 heterocycles. The molecule has 36 heavy (non-hydrogen) atoms. The summed E-state index contributed by atoms with van der Waals surface area (Å²) in [6.45, 7) is 2.46. The van der Waals surface area contributed by atoms with E-state index in [1.54, 1.807) is 26.0 Å². The highest BCUT2D eigenvalue weighted by atomic mass is 35.5. The molecule has 2 amide bonds. The Kier molecular flexibility index (Phi) is 7.63. The number of ether oxygens (including phenoxy) is 1. The van der Waals surface area contributed by atoms with Gasteiger partial charge in [-0.3, -0.25) is 9.59 Å². The predicted octanol–water partition coefficient (Wildman–Crippen LogP) is 4.34. The number of amides is 2. The van der Waals surface area contributed by atoms with Crippen LogP contribution in [0.15, 0.2) is 36.5 Å². The maximum atomic E-state index is 14.2. The van der Waals surface area contributed by atoms with Crippen LogP contribution in [0.2, 0.25) is 5.02 Å². The minimum atomic E-state index is -2.62. The molecule has 1 aromatic heterocycles. The van der Waals surface area contributed by atoms with Gasteiger partial charge in [-0.2, -0.15) is 0 Å². The van der Waals surface area contributed by atoms with Crippen LogP contribution in [0.5, 0.6) is 5.75 Å². The summed E-state index contributed by atoms with van der Waals surface area (Å²) in [6, 6.07) is 7.54. The minimum absolute atomic E-state index is 0.0492. The number of rotatable bonds is 8. The molecule has 2 N–H and O–H groups in total. The molecular formula is C25H28ClF3N4O3. The number of hydrogen-bond acceptors (Lipinski definition) is 5. The third-order valence-corrected chi connectivity index (χ3v) is 6.80. The molecule has 2 aliphatic rings. The molecule has 2 saturated heterocycles. The van der Waals surface area contributed by atoms with Gasteiger partial charge in [-0.15, -0.1) is 0 Å². The van der Waals surface area contributed by atoms with E-state index in [1.165, 1.54) is 18.3 Å². The first-order chi connectivity index (χ1) is 17.0. The van der Waals surface area contributed by atoms with Gasteiger partial charge in [0.15, 0.2) is 17.2 Å². The summed E-state index contributed by atoms with van der Waals surface area (Å²) in [7, 11) is 0.